The van der Waals surface area contributed by atoms with Gasteiger partial charge in [-0.1, -0.05) is 12.1 Å². The number of rotatable bonds is 4. The highest BCUT2D eigenvalue weighted by Gasteiger charge is 2.06. The van der Waals surface area contributed by atoms with Crippen molar-refractivity contribution in [1.29, 1.82) is 0 Å². The lowest BCUT2D eigenvalue weighted by molar-refractivity contribution is 0.397. The molecule has 0 saturated carbocycles. The summed E-state index contributed by atoms with van der Waals surface area (Å²) in [5.74, 6) is 0.707. The SMILES string of the molecule is COc1ccc(CNC2=C(F)C=CCN2)cn1. The number of hydrogen-bond donors (Lipinski definition) is 2. The van der Waals surface area contributed by atoms with Crippen LogP contribution in [0.3, 0.4) is 0 Å². The molecule has 90 valence electrons. The fourth-order valence-electron chi connectivity index (χ4n) is 1.46. The highest BCUT2D eigenvalue weighted by molar-refractivity contribution is 5.23. The number of halogens is 1. The number of nitrogens with one attached hydrogen (secondary N) is 2. The Morgan fingerprint density at radius 2 is 2.41 bits per heavy atom. The van der Waals surface area contributed by atoms with Crippen molar-refractivity contribution in [3.8, 4) is 5.88 Å². The van der Waals surface area contributed by atoms with E-state index in [1.54, 1.807) is 25.4 Å². The monoisotopic (exact) mass is 235 g/mol. The van der Waals surface area contributed by atoms with E-state index in [0.29, 0.717) is 24.8 Å². The van der Waals surface area contributed by atoms with Crippen molar-refractivity contribution >= 4 is 0 Å². The van der Waals surface area contributed by atoms with Crippen molar-refractivity contribution in [1.82, 2.24) is 15.6 Å². The van der Waals surface area contributed by atoms with Crippen molar-refractivity contribution in [3.63, 3.8) is 0 Å². The molecule has 2 N–H and O–H groups in total. The summed E-state index contributed by atoms with van der Waals surface area (Å²) in [6.07, 6.45) is 4.88. The lowest BCUT2D eigenvalue weighted by Crippen LogP contribution is -2.29. The van der Waals surface area contributed by atoms with E-state index in [2.05, 4.69) is 15.6 Å². The zero-order chi connectivity index (χ0) is 12.1. The number of ether oxygens (including phenoxy) is 1. The molecule has 2 rings (SSSR count). The van der Waals surface area contributed by atoms with Gasteiger partial charge in [0, 0.05) is 25.4 Å². The van der Waals surface area contributed by atoms with Gasteiger partial charge in [0.15, 0.2) is 5.83 Å². The fraction of sp³-hybridized carbons (Fsp3) is 0.250. The van der Waals surface area contributed by atoms with Crippen molar-refractivity contribution < 1.29 is 9.13 Å². The minimum Gasteiger partial charge on any atom is -0.481 e. The molecule has 0 atom stereocenters. The van der Waals surface area contributed by atoms with Crippen molar-refractivity contribution in [2.75, 3.05) is 13.7 Å². The van der Waals surface area contributed by atoms with Gasteiger partial charge in [-0.15, -0.1) is 0 Å². The molecule has 17 heavy (non-hydrogen) atoms. The maximum atomic E-state index is 13.3. The third-order valence-corrected chi connectivity index (χ3v) is 2.38. The predicted molar refractivity (Wildman–Crippen MR) is 62.9 cm³/mol. The summed E-state index contributed by atoms with van der Waals surface area (Å²) in [6, 6.07) is 3.66. The second-order valence-corrected chi connectivity index (χ2v) is 3.57. The molecule has 5 heteroatoms. The molecule has 0 amide bonds. The molecule has 1 aliphatic heterocycles. The van der Waals surface area contributed by atoms with E-state index in [1.807, 2.05) is 6.07 Å². The number of allylic oxidation sites excluding steroid dienone is 2. The number of nitrogens with zero attached hydrogens (tertiary/aromatic N) is 1. The largest absolute Gasteiger partial charge is 0.481 e. The zero-order valence-electron chi connectivity index (χ0n) is 9.53. The number of aromatic nitrogens is 1. The summed E-state index contributed by atoms with van der Waals surface area (Å²) in [4.78, 5) is 4.07. The van der Waals surface area contributed by atoms with E-state index in [4.69, 9.17) is 4.74 Å². The van der Waals surface area contributed by atoms with Crippen LogP contribution in [-0.2, 0) is 6.54 Å². The molecule has 4 nitrogen and oxygen atoms in total. The van der Waals surface area contributed by atoms with Crippen LogP contribution >= 0.6 is 0 Å². The Bertz CT molecular complexity index is 440. The number of hydrogen-bond acceptors (Lipinski definition) is 4. The van der Waals surface area contributed by atoms with Gasteiger partial charge in [-0.05, 0) is 11.6 Å². The molecule has 1 aromatic heterocycles. The summed E-state index contributed by atoms with van der Waals surface area (Å²) < 4.78 is 18.3. The van der Waals surface area contributed by atoms with Crippen LogP contribution in [0.2, 0.25) is 0 Å². The Labute approximate surface area is 99.2 Å². The van der Waals surface area contributed by atoms with E-state index in [9.17, 15) is 4.39 Å². The van der Waals surface area contributed by atoms with Gasteiger partial charge in [0.1, 0.15) is 5.82 Å². The lowest BCUT2D eigenvalue weighted by atomic mass is 10.2. The number of dihydropyridines is 1. The molecule has 1 aliphatic rings. The van der Waals surface area contributed by atoms with Crippen LogP contribution in [0.5, 0.6) is 5.88 Å². The molecule has 1 aromatic rings. The van der Waals surface area contributed by atoms with Gasteiger partial charge in [-0.25, -0.2) is 9.37 Å². The second-order valence-electron chi connectivity index (χ2n) is 3.57. The number of methoxy groups -OCH3 is 1. The third-order valence-electron chi connectivity index (χ3n) is 2.38. The van der Waals surface area contributed by atoms with Gasteiger partial charge in [-0.2, -0.15) is 0 Å². The van der Waals surface area contributed by atoms with E-state index in [1.165, 1.54) is 6.08 Å². The molecule has 0 unspecified atom stereocenters. The minimum absolute atomic E-state index is 0.280. The summed E-state index contributed by atoms with van der Waals surface area (Å²) in [6.45, 7) is 1.15. The van der Waals surface area contributed by atoms with Gasteiger partial charge < -0.3 is 15.4 Å². The topological polar surface area (TPSA) is 46.2 Å². The molecular weight excluding hydrogens is 221 g/mol. The first-order valence-corrected chi connectivity index (χ1v) is 5.32. The Balaban J connectivity index is 1.95. The van der Waals surface area contributed by atoms with E-state index in [0.717, 1.165) is 5.56 Å². The van der Waals surface area contributed by atoms with Crippen LogP contribution in [0.25, 0.3) is 0 Å². The number of pyridine rings is 1. The zero-order valence-corrected chi connectivity index (χ0v) is 9.53. The normalized spacial score (nSPS) is 14.5. The second kappa shape index (κ2) is 5.34. The van der Waals surface area contributed by atoms with Crippen molar-refractivity contribution in [3.05, 3.63) is 47.7 Å². The average Bonchev–Trinajstić information content (AvgIpc) is 2.38. The first-order valence-electron chi connectivity index (χ1n) is 5.32. The Morgan fingerprint density at radius 1 is 1.53 bits per heavy atom. The smallest absolute Gasteiger partial charge is 0.212 e. The van der Waals surface area contributed by atoms with E-state index < -0.39 is 0 Å². The molecule has 0 aromatic carbocycles. The van der Waals surface area contributed by atoms with Crippen LogP contribution in [-0.4, -0.2) is 18.6 Å². The molecule has 0 saturated heterocycles. The maximum absolute atomic E-state index is 13.3. The first-order chi connectivity index (χ1) is 8.29. The summed E-state index contributed by atoms with van der Waals surface area (Å²) in [5.41, 5.74) is 0.961. The molecular formula is C12H14FN3O. The fourth-order valence-corrected chi connectivity index (χ4v) is 1.46. The van der Waals surface area contributed by atoms with E-state index >= 15 is 0 Å². The summed E-state index contributed by atoms with van der Waals surface area (Å²) in [5, 5.41) is 5.91. The third kappa shape index (κ3) is 2.96. The van der Waals surface area contributed by atoms with Crippen molar-refractivity contribution in [2.24, 2.45) is 0 Å². The molecule has 0 radical (unpaired) electrons. The highest BCUT2D eigenvalue weighted by Crippen LogP contribution is 2.09. The van der Waals surface area contributed by atoms with Crippen LogP contribution in [0.1, 0.15) is 5.56 Å². The first kappa shape index (κ1) is 11.4. The summed E-state index contributed by atoms with van der Waals surface area (Å²) in [7, 11) is 1.57. The van der Waals surface area contributed by atoms with Crippen LogP contribution in [0, 0.1) is 0 Å². The van der Waals surface area contributed by atoms with Crippen LogP contribution in [0.4, 0.5) is 4.39 Å². The lowest BCUT2D eigenvalue weighted by Gasteiger charge is -2.15. The maximum Gasteiger partial charge on any atom is 0.212 e. The Morgan fingerprint density at radius 3 is 3.06 bits per heavy atom. The van der Waals surface area contributed by atoms with Gasteiger partial charge in [0.05, 0.1) is 7.11 Å². The van der Waals surface area contributed by atoms with Gasteiger partial charge in [-0.3, -0.25) is 0 Å². The quantitative estimate of drug-likeness (QED) is 0.829. The summed E-state index contributed by atoms with van der Waals surface area (Å²) >= 11 is 0. The molecule has 2 heterocycles. The van der Waals surface area contributed by atoms with Gasteiger partial charge in [0.25, 0.3) is 0 Å². The molecule has 0 bridgehead atoms. The Hall–Kier alpha value is -2.04. The highest BCUT2D eigenvalue weighted by atomic mass is 19.1. The average molecular weight is 235 g/mol. The standard InChI is InChI=1S/C12H14FN3O/c1-17-11-5-4-9(7-15-11)8-16-12-10(13)3-2-6-14-12/h2-5,7,14,16H,6,8H2,1H3. The molecule has 0 fully saturated rings. The minimum atomic E-state index is -0.280. The van der Waals surface area contributed by atoms with Gasteiger partial charge >= 0.3 is 0 Å². The molecule has 0 aliphatic carbocycles. The van der Waals surface area contributed by atoms with Crippen molar-refractivity contribution in [2.45, 2.75) is 6.54 Å². The Kier molecular flexibility index (Phi) is 3.59. The molecule has 0 spiro atoms. The van der Waals surface area contributed by atoms with E-state index in [-0.39, 0.29) is 5.83 Å². The predicted octanol–water partition coefficient (Wildman–Crippen LogP) is 1.48. The van der Waals surface area contributed by atoms with Crippen LogP contribution in [0.15, 0.2) is 42.1 Å². The van der Waals surface area contributed by atoms with Crippen LogP contribution < -0.4 is 15.4 Å². The van der Waals surface area contributed by atoms with Gasteiger partial charge in [0.2, 0.25) is 5.88 Å².